The molecular weight excluding hydrogens is 225 g/mol. The van der Waals surface area contributed by atoms with E-state index in [0.717, 1.165) is 0 Å². The molecule has 0 bridgehead atoms. The number of nitrogens with one attached hydrogen (secondary N) is 1. The summed E-state index contributed by atoms with van der Waals surface area (Å²) in [5.41, 5.74) is 5.64. The van der Waals surface area contributed by atoms with Crippen LogP contribution in [0.1, 0.15) is 10.5 Å². The molecule has 1 rings (SSSR count). The number of carbonyl (C=O) groups is 1. The van der Waals surface area contributed by atoms with Crippen LogP contribution in [0.15, 0.2) is 24.4 Å². The molecule has 0 aliphatic heterocycles. The van der Waals surface area contributed by atoms with E-state index >= 15 is 0 Å². The predicted octanol–water partition coefficient (Wildman–Crippen LogP) is 0.614. The van der Waals surface area contributed by atoms with Crippen molar-refractivity contribution in [1.29, 1.82) is 0 Å². The van der Waals surface area contributed by atoms with E-state index in [1.807, 2.05) is 0 Å². The first-order valence-corrected chi connectivity index (χ1v) is 3.74. The summed E-state index contributed by atoms with van der Waals surface area (Å²) in [5, 5.41) is 2.62. The van der Waals surface area contributed by atoms with Gasteiger partial charge in [-0.3, -0.25) is 9.78 Å². The summed E-state index contributed by atoms with van der Waals surface area (Å²) in [4.78, 5) is 15.1. The van der Waals surface area contributed by atoms with Gasteiger partial charge < -0.3 is 11.1 Å². The molecule has 0 fully saturated rings. The van der Waals surface area contributed by atoms with Crippen LogP contribution in [0.3, 0.4) is 0 Å². The molecule has 3 N–H and O–H groups in total. The molecule has 1 aromatic heterocycles. The molecule has 0 saturated heterocycles. The lowest BCUT2D eigenvalue weighted by atomic mass is 10.3. The van der Waals surface area contributed by atoms with Gasteiger partial charge in [0.1, 0.15) is 5.69 Å². The lowest BCUT2D eigenvalue weighted by molar-refractivity contribution is 0.0950. The van der Waals surface area contributed by atoms with E-state index in [1.165, 1.54) is 0 Å². The maximum Gasteiger partial charge on any atom is 0.269 e. The monoisotopic (exact) mass is 237 g/mol. The van der Waals surface area contributed by atoms with Gasteiger partial charge in [0.2, 0.25) is 0 Å². The minimum atomic E-state index is -0.180. The first-order valence-electron chi connectivity index (χ1n) is 3.74. The number of hydrogen-bond donors (Lipinski definition) is 2. The molecule has 0 aromatic carbocycles. The molecule has 0 unspecified atom stereocenters. The second-order valence-corrected chi connectivity index (χ2v) is 2.26. The van der Waals surface area contributed by atoms with Gasteiger partial charge in [-0.15, -0.1) is 24.8 Å². The molecule has 6 heteroatoms. The molecule has 1 heterocycles. The number of hydrogen-bond acceptors (Lipinski definition) is 3. The highest BCUT2D eigenvalue weighted by molar-refractivity contribution is 5.92. The molecule has 0 aliphatic rings. The van der Waals surface area contributed by atoms with E-state index in [1.54, 1.807) is 24.4 Å². The van der Waals surface area contributed by atoms with Crippen molar-refractivity contribution in [2.24, 2.45) is 5.73 Å². The normalized spacial score (nSPS) is 8.07. The molecule has 0 saturated carbocycles. The van der Waals surface area contributed by atoms with Gasteiger partial charge in [0.15, 0.2) is 0 Å². The second kappa shape index (κ2) is 8.74. The Morgan fingerprint density at radius 1 is 1.43 bits per heavy atom. The lowest BCUT2D eigenvalue weighted by Gasteiger charge is -2.00. The summed E-state index contributed by atoms with van der Waals surface area (Å²) in [6.45, 7) is 0.925. The number of aromatic nitrogens is 1. The second-order valence-electron chi connectivity index (χ2n) is 2.26. The number of halogens is 2. The summed E-state index contributed by atoms with van der Waals surface area (Å²) >= 11 is 0. The largest absolute Gasteiger partial charge is 0.349 e. The number of nitrogens with two attached hydrogens (primary N) is 1. The van der Waals surface area contributed by atoms with Crippen molar-refractivity contribution >= 4 is 30.7 Å². The minimum absolute atomic E-state index is 0. The van der Waals surface area contributed by atoms with Crippen LogP contribution in [0.25, 0.3) is 0 Å². The van der Waals surface area contributed by atoms with Gasteiger partial charge in [-0.1, -0.05) is 6.07 Å². The van der Waals surface area contributed by atoms with Crippen molar-refractivity contribution in [1.82, 2.24) is 10.3 Å². The third kappa shape index (κ3) is 5.01. The molecule has 14 heavy (non-hydrogen) atoms. The van der Waals surface area contributed by atoms with Crippen molar-refractivity contribution in [3.8, 4) is 0 Å². The fraction of sp³-hybridized carbons (Fsp3) is 0.250. The van der Waals surface area contributed by atoms with Crippen LogP contribution in [0, 0.1) is 0 Å². The quantitative estimate of drug-likeness (QED) is 0.810. The van der Waals surface area contributed by atoms with Crippen molar-refractivity contribution in [2.75, 3.05) is 13.1 Å². The summed E-state index contributed by atoms with van der Waals surface area (Å²) in [7, 11) is 0. The molecule has 1 amide bonds. The number of pyridine rings is 1. The summed E-state index contributed by atoms with van der Waals surface area (Å²) < 4.78 is 0. The van der Waals surface area contributed by atoms with Crippen LogP contribution in [-0.4, -0.2) is 24.0 Å². The van der Waals surface area contributed by atoms with Gasteiger partial charge in [-0.05, 0) is 12.1 Å². The minimum Gasteiger partial charge on any atom is -0.349 e. The molecule has 0 radical (unpaired) electrons. The molecule has 0 atom stereocenters. The summed E-state index contributed by atoms with van der Waals surface area (Å²) in [6, 6.07) is 5.19. The highest BCUT2D eigenvalue weighted by atomic mass is 35.5. The topological polar surface area (TPSA) is 68.0 Å². The van der Waals surface area contributed by atoms with Crippen LogP contribution in [-0.2, 0) is 0 Å². The molecule has 80 valence electrons. The third-order valence-corrected chi connectivity index (χ3v) is 1.33. The number of rotatable bonds is 3. The van der Waals surface area contributed by atoms with Gasteiger partial charge in [0, 0.05) is 19.3 Å². The molecular formula is C8H13Cl2N3O. The van der Waals surface area contributed by atoms with E-state index in [0.29, 0.717) is 18.8 Å². The van der Waals surface area contributed by atoms with Gasteiger partial charge in [0.25, 0.3) is 5.91 Å². The van der Waals surface area contributed by atoms with Crippen molar-refractivity contribution in [3.05, 3.63) is 30.1 Å². The van der Waals surface area contributed by atoms with E-state index in [9.17, 15) is 4.79 Å². The van der Waals surface area contributed by atoms with Crippen molar-refractivity contribution < 1.29 is 4.79 Å². The fourth-order valence-electron chi connectivity index (χ4n) is 0.773. The predicted molar refractivity (Wildman–Crippen MR) is 60.1 cm³/mol. The summed E-state index contributed by atoms with van der Waals surface area (Å²) in [5.74, 6) is -0.180. The van der Waals surface area contributed by atoms with E-state index in [2.05, 4.69) is 10.3 Å². The van der Waals surface area contributed by atoms with Gasteiger partial charge >= 0.3 is 0 Å². The Morgan fingerprint density at radius 2 is 2.14 bits per heavy atom. The summed E-state index contributed by atoms with van der Waals surface area (Å²) in [6.07, 6.45) is 1.58. The Morgan fingerprint density at radius 3 is 2.64 bits per heavy atom. The van der Waals surface area contributed by atoms with Crippen LogP contribution in [0.5, 0.6) is 0 Å². The van der Waals surface area contributed by atoms with Crippen LogP contribution in [0.4, 0.5) is 0 Å². The number of nitrogens with zero attached hydrogens (tertiary/aromatic N) is 1. The molecule has 0 spiro atoms. The molecule has 1 aromatic rings. The first kappa shape index (κ1) is 15.6. The Kier molecular flexibility index (Phi) is 9.76. The smallest absolute Gasteiger partial charge is 0.269 e. The van der Waals surface area contributed by atoms with E-state index in [-0.39, 0.29) is 30.7 Å². The SMILES string of the molecule is Cl.Cl.NCCNC(=O)c1ccccn1. The Bertz CT molecular complexity index is 256. The van der Waals surface area contributed by atoms with Crippen LogP contribution >= 0.6 is 24.8 Å². The zero-order valence-corrected chi connectivity index (χ0v) is 9.11. The van der Waals surface area contributed by atoms with Crippen LogP contribution in [0.2, 0.25) is 0 Å². The van der Waals surface area contributed by atoms with E-state index < -0.39 is 0 Å². The zero-order valence-electron chi connectivity index (χ0n) is 7.47. The average molecular weight is 238 g/mol. The first-order chi connectivity index (χ1) is 5.84. The third-order valence-electron chi connectivity index (χ3n) is 1.33. The van der Waals surface area contributed by atoms with Gasteiger partial charge in [-0.25, -0.2) is 0 Å². The average Bonchev–Trinajstić information content (AvgIpc) is 2.15. The van der Waals surface area contributed by atoms with E-state index in [4.69, 9.17) is 5.73 Å². The lowest BCUT2D eigenvalue weighted by Crippen LogP contribution is -2.29. The standard InChI is InChI=1S/C8H11N3O.2ClH/c9-4-6-11-8(12)7-3-1-2-5-10-7;;/h1-3,5H,4,6,9H2,(H,11,12);2*1H. The maximum absolute atomic E-state index is 11.2. The zero-order chi connectivity index (χ0) is 8.81. The Balaban J connectivity index is 0. The van der Waals surface area contributed by atoms with Gasteiger partial charge in [-0.2, -0.15) is 0 Å². The number of carbonyl (C=O) groups excluding carboxylic acids is 1. The molecule has 0 aliphatic carbocycles. The Hall–Kier alpha value is -0.840. The molecule has 4 nitrogen and oxygen atoms in total. The van der Waals surface area contributed by atoms with Crippen molar-refractivity contribution in [3.63, 3.8) is 0 Å². The van der Waals surface area contributed by atoms with Crippen LogP contribution < -0.4 is 11.1 Å². The maximum atomic E-state index is 11.2. The van der Waals surface area contributed by atoms with Gasteiger partial charge in [0.05, 0.1) is 0 Å². The highest BCUT2D eigenvalue weighted by Crippen LogP contribution is 1.91. The fourth-order valence-corrected chi connectivity index (χ4v) is 0.773. The highest BCUT2D eigenvalue weighted by Gasteiger charge is 2.02. The number of amides is 1. The van der Waals surface area contributed by atoms with Crippen molar-refractivity contribution in [2.45, 2.75) is 0 Å². The Labute approximate surface area is 95.1 Å².